The molecule has 1 aromatic rings. The van der Waals surface area contributed by atoms with Crippen LogP contribution in [-0.2, 0) is 0 Å². The molecular weight excluding hydrogens is 290 g/mol. The topological polar surface area (TPSA) is 56.6 Å². The Kier molecular flexibility index (Phi) is 6.05. The molecule has 6 nitrogen and oxygen atoms in total. The Hall–Kier alpha value is -0.950. The van der Waals surface area contributed by atoms with Gasteiger partial charge >= 0.3 is 0 Å². The number of nitrogens with zero attached hydrogens (tertiary/aromatic N) is 4. The summed E-state index contributed by atoms with van der Waals surface area (Å²) in [5, 5.41) is 17.1. The van der Waals surface area contributed by atoms with E-state index in [1.165, 1.54) is 38.9 Å². The molecule has 3 rings (SSSR count). The highest BCUT2D eigenvalue weighted by atomic mass is 16.3. The molecule has 2 saturated heterocycles. The van der Waals surface area contributed by atoms with E-state index in [0.717, 1.165) is 19.6 Å². The second-order valence-electron chi connectivity index (χ2n) is 7.04. The van der Waals surface area contributed by atoms with E-state index in [0.29, 0.717) is 18.0 Å². The summed E-state index contributed by atoms with van der Waals surface area (Å²) in [6.07, 6.45) is 7.60. The number of likely N-dealkylation sites (N-methyl/N-ethyl adjacent to an activating group) is 1. The largest absolute Gasteiger partial charge is 0.395 e. The van der Waals surface area contributed by atoms with E-state index in [1.54, 1.807) is 0 Å². The number of aliphatic hydroxyl groups excluding tert-OH is 1. The van der Waals surface area contributed by atoms with E-state index >= 15 is 0 Å². The number of likely N-dealkylation sites (tertiary alicyclic amines) is 1. The Morgan fingerprint density at radius 3 is 2.83 bits per heavy atom. The van der Waals surface area contributed by atoms with Crippen LogP contribution in [0, 0.1) is 5.92 Å². The van der Waals surface area contributed by atoms with Gasteiger partial charge in [-0.1, -0.05) is 0 Å². The molecule has 0 aromatic carbocycles. The van der Waals surface area contributed by atoms with Crippen molar-refractivity contribution in [3.63, 3.8) is 0 Å². The minimum Gasteiger partial charge on any atom is -0.395 e. The van der Waals surface area contributed by atoms with Crippen molar-refractivity contribution in [1.29, 1.82) is 0 Å². The first-order chi connectivity index (χ1) is 11.3. The van der Waals surface area contributed by atoms with Gasteiger partial charge in [-0.25, -0.2) is 0 Å². The summed E-state index contributed by atoms with van der Waals surface area (Å²) in [7, 11) is 2.14. The van der Waals surface area contributed by atoms with Crippen LogP contribution >= 0.6 is 0 Å². The zero-order valence-electron chi connectivity index (χ0n) is 14.3. The molecule has 6 heteroatoms. The van der Waals surface area contributed by atoms with Crippen molar-refractivity contribution in [1.82, 2.24) is 24.9 Å². The first-order valence-electron chi connectivity index (χ1n) is 9.01. The van der Waals surface area contributed by atoms with Crippen molar-refractivity contribution in [3.05, 3.63) is 18.5 Å². The molecule has 0 bridgehead atoms. The van der Waals surface area contributed by atoms with Crippen LogP contribution in [0.1, 0.15) is 25.3 Å². The maximum atomic E-state index is 9.21. The van der Waals surface area contributed by atoms with Gasteiger partial charge in [-0.2, -0.15) is 5.10 Å². The van der Waals surface area contributed by atoms with E-state index < -0.39 is 0 Å². The molecule has 3 heterocycles. The van der Waals surface area contributed by atoms with Gasteiger partial charge in [0.05, 0.1) is 12.6 Å². The molecule has 0 radical (unpaired) electrons. The van der Waals surface area contributed by atoms with Gasteiger partial charge in [-0.05, 0) is 44.8 Å². The van der Waals surface area contributed by atoms with Gasteiger partial charge in [-0.3, -0.25) is 9.58 Å². The van der Waals surface area contributed by atoms with E-state index in [9.17, 15) is 5.11 Å². The van der Waals surface area contributed by atoms with Crippen LogP contribution in [0.5, 0.6) is 0 Å². The summed E-state index contributed by atoms with van der Waals surface area (Å²) in [5.74, 6) is 0.703. The fraction of sp³-hybridized carbons (Fsp3) is 0.824. The molecule has 2 fully saturated rings. The third kappa shape index (κ3) is 4.32. The molecule has 2 aliphatic heterocycles. The summed E-state index contributed by atoms with van der Waals surface area (Å²) >= 11 is 0. The smallest absolute Gasteiger partial charge is 0.0558 e. The fourth-order valence-electron chi connectivity index (χ4n) is 4.14. The highest BCUT2D eigenvalue weighted by molar-refractivity contribution is 4.89. The molecule has 130 valence electrons. The average molecular weight is 321 g/mol. The summed E-state index contributed by atoms with van der Waals surface area (Å²) in [6, 6.07) is 3.13. The van der Waals surface area contributed by atoms with Crippen LogP contribution in [0.15, 0.2) is 18.5 Å². The molecule has 2 aliphatic rings. The molecule has 1 aromatic heterocycles. The molecule has 2 atom stereocenters. The number of aromatic nitrogens is 2. The Bertz CT molecular complexity index is 444. The Labute approximate surface area is 139 Å². The fourth-order valence-corrected chi connectivity index (χ4v) is 4.14. The van der Waals surface area contributed by atoms with Crippen molar-refractivity contribution in [2.45, 2.75) is 31.3 Å². The lowest BCUT2D eigenvalue weighted by atomic mass is 9.90. The monoisotopic (exact) mass is 321 g/mol. The molecule has 2 unspecified atom stereocenters. The van der Waals surface area contributed by atoms with Gasteiger partial charge < -0.3 is 15.3 Å². The average Bonchev–Trinajstić information content (AvgIpc) is 3.11. The maximum Gasteiger partial charge on any atom is 0.0558 e. The molecule has 0 saturated carbocycles. The highest BCUT2D eigenvalue weighted by Crippen LogP contribution is 2.25. The van der Waals surface area contributed by atoms with Gasteiger partial charge in [-0.15, -0.1) is 0 Å². The van der Waals surface area contributed by atoms with E-state index in [4.69, 9.17) is 0 Å². The predicted octanol–water partition coefficient (Wildman–Crippen LogP) is 0.422. The molecule has 2 N–H and O–H groups in total. The van der Waals surface area contributed by atoms with Crippen LogP contribution in [0.2, 0.25) is 0 Å². The van der Waals surface area contributed by atoms with Crippen molar-refractivity contribution >= 4 is 0 Å². The van der Waals surface area contributed by atoms with Gasteiger partial charge in [0.25, 0.3) is 0 Å². The van der Waals surface area contributed by atoms with E-state index in [1.807, 2.05) is 12.3 Å². The van der Waals surface area contributed by atoms with Crippen LogP contribution in [-0.4, -0.2) is 83.7 Å². The number of hydrogen-bond acceptors (Lipinski definition) is 5. The zero-order chi connectivity index (χ0) is 16.1. The Morgan fingerprint density at radius 2 is 2.13 bits per heavy atom. The number of hydrogen-bond donors (Lipinski definition) is 2. The standard InChI is InChI=1S/C17H31N5O/c1-20(11-12-23)17-13-18-7-3-15(17)14-21-9-4-16(5-10-21)22-8-2-6-19-22/h2,6,8,15-18,23H,3-5,7,9-14H2,1H3. The number of rotatable bonds is 6. The van der Waals surface area contributed by atoms with Crippen molar-refractivity contribution < 1.29 is 5.11 Å². The first kappa shape index (κ1) is 16.9. The molecule has 0 spiro atoms. The quantitative estimate of drug-likeness (QED) is 0.795. The van der Waals surface area contributed by atoms with Gasteiger partial charge in [0.15, 0.2) is 0 Å². The minimum absolute atomic E-state index is 0.245. The third-order valence-corrected chi connectivity index (χ3v) is 5.56. The second kappa shape index (κ2) is 8.24. The first-order valence-corrected chi connectivity index (χ1v) is 9.01. The third-order valence-electron chi connectivity index (χ3n) is 5.56. The lowest BCUT2D eigenvalue weighted by Crippen LogP contribution is -2.54. The number of aliphatic hydroxyl groups is 1. The predicted molar refractivity (Wildman–Crippen MR) is 91.4 cm³/mol. The summed E-state index contributed by atoms with van der Waals surface area (Å²) in [5.41, 5.74) is 0. The van der Waals surface area contributed by atoms with E-state index in [-0.39, 0.29) is 6.61 Å². The lowest BCUT2D eigenvalue weighted by Gasteiger charge is -2.42. The molecular formula is C17H31N5O. The zero-order valence-corrected chi connectivity index (χ0v) is 14.3. The van der Waals surface area contributed by atoms with Crippen molar-refractivity contribution in [3.8, 4) is 0 Å². The van der Waals surface area contributed by atoms with Gasteiger partial charge in [0.1, 0.15) is 0 Å². The SMILES string of the molecule is CN(CCO)C1CNCCC1CN1CCC(n2cccn2)CC1. The van der Waals surface area contributed by atoms with Crippen LogP contribution in [0.25, 0.3) is 0 Å². The van der Waals surface area contributed by atoms with Crippen molar-refractivity contribution in [2.75, 3.05) is 52.9 Å². The summed E-state index contributed by atoms with van der Waals surface area (Å²) in [4.78, 5) is 4.96. The lowest BCUT2D eigenvalue weighted by molar-refractivity contribution is 0.0772. The Morgan fingerprint density at radius 1 is 1.30 bits per heavy atom. The Balaban J connectivity index is 1.50. The maximum absolute atomic E-state index is 9.21. The molecule has 0 amide bonds. The van der Waals surface area contributed by atoms with Crippen LogP contribution < -0.4 is 5.32 Å². The summed E-state index contributed by atoms with van der Waals surface area (Å²) < 4.78 is 2.12. The normalized spacial score (nSPS) is 27.6. The van der Waals surface area contributed by atoms with Gasteiger partial charge in [0, 0.05) is 51.2 Å². The summed E-state index contributed by atoms with van der Waals surface area (Å²) in [6.45, 7) is 6.71. The molecule has 23 heavy (non-hydrogen) atoms. The van der Waals surface area contributed by atoms with E-state index in [2.05, 4.69) is 38.1 Å². The minimum atomic E-state index is 0.245. The van der Waals surface area contributed by atoms with Crippen molar-refractivity contribution in [2.24, 2.45) is 5.92 Å². The second-order valence-corrected chi connectivity index (χ2v) is 7.04. The van der Waals surface area contributed by atoms with Gasteiger partial charge in [0.2, 0.25) is 0 Å². The number of nitrogens with one attached hydrogen (secondary N) is 1. The van der Waals surface area contributed by atoms with Crippen LogP contribution in [0.3, 0.4) is 0 Å². The number of piperidine rings is 2. The molecule has 0 aliphatic carbocycles. The highest BCUT2D eigenvalue weighted by Gasteiger charge is 2.31. The van der Waals surface area contributed by atoms with Crippen LogP contribution in [0.4, 0.5) is 0 Å².